The molecule has 0 bridgehead atoms. The molecule has 1 N–H and O–H groups in total. The van der Waals surface area contributed by atoms with Crippen molar-refractivity contribution in [3.63, 3.8) is 0 Å². The number of carbonyl (C=O) groups is 1. The summed E-state index contributed by atoms with van der Waals surface area (Å²) in [7, 11) is 1.86. The minimum atomic E-state index is -0.777. The molecule has 1 rings (SSSR count). The topological polar surface area (TPSA) is 40.5 Å². The normalized spacial score (nSPS) is 14.4. The smallest absolute Gasteiger partial charge is 0.310 e. The summed E-state index contributed by atoms with van der Waals surface area (Å²) in [6, 6.07) is 6.40. The number of aliphatic carboxylic acids is 1. The summed E-state index contributed by atoms with van der Waals surface area (Å²) < 4.78 is 13.1. The van der Waals surface area contributed by atoms with Crippen LogP contribution in [0.2, 0.25) is 0 Å². The Morgan fingerprint density at radius 2 is 2.16 bits per heavy atom. The molecule has 1 unspecified atom stereocenters. The molecule has 0 saturated heterocycles. The summed E-state index contributed by atoms with van der Waals surface area (Å²) in [5.74, 6) is -1.04. The molecule has 0 aliphatic carbocycles. The second-order valence-corrected chi connectivity index (χ2v) is 5.42. The standard InChI is InChI=1S/C15H22FNO2/c1-4-8-15(2,14(18)19)11-17(3)10-12-6-5-7-13(16)9-12/h5-7,9H,4,8,10-11H2,1-3H3,(H,18,19). The number of hydrogen-bond acceptors (Lipinski definition) is 2. The predicted octanol–water partition coefficient (Wildman–Crippen LogP) is 3.15. The molecular formula is C15H22FNO2. The van der Waals surface area contributed by atoms with Crippen LogP contribution in [0.15, 0.2) is 24.3 Å². The van der Waals surface area contributed by atoms with Crippen LogP contribution in [0, 0.1) is 11.2 Å². The molecule has 0 amide bonds. The second kappa shape index (κ2) is 6.66. The number of carboxylic acid groups (broad SMARTS) is 1. The third-order valence-corrected chi connectivity index (χ3v) is 3.28. The lowest BCUT2D eigenvalue weighted by atomic mass is 9.85. The van der Waals surface area contributed by atoms with Crippen LogP contribution in [0.3, 0.4) is 0 Å². The summed E-state index contributed by atoms with van der Waals surface area (Å²) in [4.78, 5) is 13.3. The van der Waals surface area contributed by atoms with Crippen molar-refractivity contribution in [3.8, 4) is 0 Å². The van der Waals surface area contributed by atoms with E-state index in [1.54, 1.807) is 13.0 Å². The number of halogens is 1. The van der Waals surface area contributed by atoms with Gasteiger partial charge in [-0.25, -0.2) is 4.39 Å². The summed E-state index contributed by atoms with van der Waals surface area (Å²) in [6.07, 6.45) is 1.46. The zero-order valence-electron chi connectivity index (χ0n) is 11.8. The van der Waals surface area contributed by atoms with E-state index >= 15 is 0 Å². The van der Waals surface area contributed by atoms with Crippen LogP contribution in [-0.4, -0.2) is 29.6 Å². The van der Waals surface area contributed by atoms with Gasteiger partial charge in [0.2, 0.25) is 0 Å². The van der Waals surface area contributed by atoms with Crippen LogP contribution in [0.25, 0.3) is 0 Å². The highest BCUT2D eigenvalue weighted by Gasteiger charge is 2.33. The molecule has 0 fully saturated rings. The van der Waals surface area contributed by atoms with Gasteiger partial charge in [-0.05, 0) is 38.1 Å². The van der Waals surface area contributed by atoms with Crippen LogP contribution in [0.5, 0.6) is 0 Å². The summed E-state index contributed by atoms with van der Waals surface area (Å²) in [6.45, 7) is 4.74. The van der Waals surface area contributed by atoms with Crippen molar-refractivity contribution in [1.29, 1.82) is 0 Å². The molecule has 3 nitrogen and oxygen atoms in total. The largest absolute Gasteiger partial charge is 0.481 e. The van der Waals surface area contributed by atoms with E-state index in [1.165, 1.54) is 12.1 Å². The van der Waals surface area contributed by atoms with Crippen molar-refractivity contribution in [2.45, 2.75) is 33.2 Å². The van der Waals surface area contributed by atoms with Gasteiger partial charge in [-0.3, -0.25) is 4.79 Å². The van der Waals surface area contributed by atoms with E-state index < -0.39 is 11.4 Å². The van der Waals surface area contributed by atoms with E-state index in [1.807, 2.05) is 24.9 Å². The zero-order chi connectivity index (χ0) is 14.5. The van der Waals surface area contributed by atoms with E-state index in [0.717, 1.165) is 12.0 Å². The fraction of sp³-hybridized carbons (Fsp3) is 0.533. The summed E-state index contributed by atoms with van der Waals surface area (Å²) in [5.41, 5.74) is 0.100. The van der Waals surface area contributed by atoms with Crippen LogP contribution in [0.4, 0.5) is 4.39 Å². The first kappa shape index (κ1) is 15.6. The summed E-state index contributed by atoms with van der Waals surface area (Å²) in [5, 5.41) is 9.34. The number of hydrogen-bond donors (Lipinski definition) is 1. The third kappa shape index (κ3) is 4.63. The van der Waals surface area contributed by atoms with Crippen molar-refractivity contribution in [3.05, 3.63) is 35.6 Å². The van der Waals surface area contributed by atoms with E-state index in [2.05, 4.69) is 0 Å². The molecule has 1 atom stereocenters. The Labute approximate surface area is 114 Å². The Kier molecular flexibility index (Phi) is 5.48. The van der Waals surface area contributed by atoms with Crippen LogP contribution in [-0.2, 0) is 11.3 Å². The number of carboxylic acids is 1. The fourth-order valence-corrected chi connectivity index (χ4v) is 2.40. The van der Waals surface area contributed by atoms with E-state index in [4.69, 9.17) is 0 Å². The SMILES string of the molecule is CCCC(C)(CN(C)Cc1cccc(F)c1)C(=O)O. The van der Waals surface area contributed by atoms with Gasteiger partial charge in [0.1, 0.15) is 5.82 Å². The Morgan fingerprint density at radius 1 is 1.47 bits per heavy atom. The van der Waals surface area contributed by atoms with E-state index in [0.29, 0.717) is 19.5 Å². The minimum Gasteiger partial charge on any atom is -0.481 e. The van der Waals surface area contributed by atoms with Gasteiger partial charge >= 0.3 is 5.97 Å². The van der Waals surface area contributed by atoms with Crippen LogP contribution < -0.4 is 0 Å². The monoisotopic (exact) mass is 267 g/mol. The molecule has 106 valence electrons. The first-order valence-electron chi connectivity index (χ1n) is 6.54. The van der Waals surface area contributed by atoms with Gasteiger partial charge in [0.05, 0.1) is 5.41 Å². The van der Waals surface area contributed by atoms with Gasteiger partial charge < -0.3 is 10.0 Å². The number of benzene rings is 1. The molecule has 0 radical (unpaired) electrons. The lowest BCUT2D eigenvalue weighted by molar-refractivity contribution is -0.149. The first-order chi connectivity index (χ1) is 8.87. The molecule has 0 aliphatic heterocycles. The Balaban J connectivity index is 2.68. The van der Waals surface area contributed by atoms with Gasteiger partial charge in [-0.15, -0.1) is 0 Å². The van der Waals surface area contributed by atoms with Crippen molar-refractivity contribution in [2.75, 3.05) is 13.6 Å². The first-order valence-corrected chi connectivity index (χ1v) is 6.54. The Hall–Kier alpha value is -1.42. The van der Waals surface area contributed by atoms with Gasteiger partial charge in [-0.2, -0.15) is 0 Å². The highest BCUT2D eigenvalue weighted by Crippen LogP contribution is 2.25. The molecule has 1 aromatic carbocycles. The zero-order valence-corrected chi connectivity index (χ0v) is 11.8. The average Bonchev–Trinajstić information content (AvgIpc) is 2.28. The van der Waals surface area contributed by atoms with Crippen molar-refractivity contribution in [1.82, 2.24) is 4.90 Å². The van der Waals surface area contributed by atoms with Gasteiger partial charge in [0, 0.05) is 13.1 Å². The quantitative estimate of drug-likeness (QED) is 0.825. The van der Waals surface area contributed by atoms with Crippen molar-refractivity contribution < 1.29 is 14.3 Å². The highest BCUT2D eigenvalue weighted by atomic mass is 19.1. The average molecular weight is 267 g/mol. The maximum atomic E-state index is 13.1. The Morgan fingerprint density at radius 3 is 2.68 bits per heavy atom. The van der Waals surface area contributed by atoms with Crippen molar-refractivity contribution >= 4 is 5.97 Å². The van der Waals surface area contributed by atoms with Crippen LogP contribution in [0.1, 0.15) is 32.3 Å². The maximum absolute atomic E-state index is 13.1. The lowest BCUT2D eigenvalue weighted by Gasteiger charge is -2.30. The maximum Gasteiger partial charge on any atom is 0.310 e. The minimum absolute atomic E-state index is 0.263. The summed E-state index contributed by atoms with van der Waals surface area (Å²) >= 11 is 0. The van der Waals surface area contributed by atoms with Gasteiger partial charge in [0.25, 0.3) is 0 Å². The van der Waals surface area contributed by atoms with Gasteiger partial charge in [0.15, 0.2) is 0 Å². The molecule has 0 heterocycles. The molecular weight excluding hydrogens is 245 g/mol. The third-order valence-electron chi connectivity index (χ3n) is 3.28. The molecule has 0 aliphatic rings. The molecule has 0 aromatic heterocycles. The van der Waals surface area contributed by atoms with E-state index in [9.17, 15) is 14.3 Å². The van der Waals surface area contributed by atoms with E-state index in [-0.39, 0.29) is 5.82 Å². The Bertz CT molecular complexity index is 436. The predicted molar refractivity (Wildman–Crippen MR) is 73.4 cm³/mol. The molecule has 0 spiro atoms. The van der Waals surface area contributed by atoms with Crippen molar-refractivity contribution in [2.24, 2.45) is 5.41 Å². The van der Waals surface area contributed by atoms with Crippen LogP contribution >= 0.6 is 0 Å². The molecule has 19 heavy (non-hydrogen) atoms. The molecule has 1 aromatic rings. The number of nitrogens with zero attached hydrogens (tertiary/aromatic N) is 1. The molecule has 4 heteroatoms. The second-order valence-electron chi connectivity index (χ2n) is 5.42. The highest BCUT2D eigenvalue weighted by molar-refractivity contribution is 5.74. The molecule has 0 saturated carbocycles. The van der Waals surface area contributed by atoms with Gasteiger partial charge in [-0.1, -0.05) is 25.5 Å². The fourth-order valence-electron chi connectivity index (χ4n) is 2.40. The number of rotatable bonds is 7. The lowest BCUT2D eigenvalue weighted by Crippen LogP contribution is -2.39.